The number of aliphatic hydroxyl groups excluding tert-OH is 1. The lowest BCUT2D eigenvalue weighted by Crippen LogP contribution is -2.44. The van der Waals surface area contributed by atoms with E-state index < -0.39 is 6.10 Å². The van der Waals surface area contributed by atoms with E-state index in [1.807, 2.05) is 10.7 Å². The summed E-state index contributed by atoms with van der Waals surface area (Å²) in [5.74, 6) is 0.701. The first kappa shape index (κ1) is 17.8. The normalized spacial score (nSPS) is 19.8. The fourth-order valence-corrected chi connectivity index (χ4v) is 2.68. The van der Waals surface area contributed by atoms with Gasteiger partial charge < -0.3 is 10.0 Å². The number of aromatic nitrogens is 2. The van der Waals surface area contributed by atoms with E-state index in [1.54, 1.807) is 4.90 Å². The molecule has 0 saturated carbocycles. The maximum absolute atomic E-state index is 12.5. The summed E-state index contributed by atoms with van der Waals surface area (Å²) >= 11 is 0. The molecule has 23 heavy (non-hydrogen) atoms. The number of carbonyl (C=O) groups is 1. The molecule has 0 bridgehead atoms. The molecule has 1 aromatic rings. The average Bonchev–Trinajstić information content (AvgIpc) is 2.82. The molecule has 0 spiro atoms. The van der Waals surface area contributed by atoms with Crippen molar-refractivity contribution in [3.05, 3.63) is 11.8 Å². The van der Waals surface area contributed by atoms with E-state index in [0.717, 1.165) is 18.5 Å². The van der Waals surface area contributed by atoms with E-state index in [2.05, 4.69) is 46.9 Å². The van der Waals surface area contributed by atoms with Gasteiger partial charge in [-0.3, -0.25) is 5.32 Å². The molecule has 1 saturated heterocycles. The summed E-state index contributed by atoms with van der Waals surface area (Å²) in [6.45, 7) is 13.6. The zero-order valence-corrected chi connectivity index (χ0v) is 15.2. The van der Waals surface area contributed by atoms with Crippen LogP contribution in [-0.2, 0) is 11.0 Å². The van der Waals surface area contributed by atoms with E-state index in [9.17, 15) is 9.90 Å². The van der Waals surface area contributed by atoms with Gasteiger partial charge in [-0.25, -0.2) is 9.48 Å². The number of urea groups is 1. The van der Waals surface area contributed by atoms with Gasteiger partial charge in [0.2, 0.25) is 0 Å². The third-order valence-corrected chi connectivity index (χ3v) is 4.03. The number of amides is 2. The number of aliphatic hydroxyl groups is 1. The van der Waals surface area contributed by atoms with Gasteiger partial charge in [0.1, 0.15) is 5.82 Å². The number of piperidine rings is 1. The van der Waals surface area contributed by atoms with Crippen molar-refractivity contribution >= 4 is 11.8 Å². The van der Waals surface area contributed by atoms with Crippen LogP contribution in [0.2, 0.25) is 0 Å². The molecule has 2 amide bonds. The predicted octanol–water partition coefficient (Wildman–Crippen LogP) is 2.92. The molecule has 6 nitrogen and oxygen atoms in total. The quantitative estimate of drug-likeness (QED) is 0.835. The molecule has 2 rings (SSSR count). The smallest absolute Gasteiger partial charge is 0.323 e. The van der Waals surface area contributed by atoms with Gasteiger partial charge in [-0.1, -0.05) is 20.8 Å². The lowest BCUT2D eigenvalue weighted by molar-refractivity contribution is 0.0882. The minimum absolute atomic E-state index is 0.0860. The second kappa shape index (κ2) is 6.15. The van der Waals surface area contributed by atoms with E-state index in [-0.39, 0.29) is 17.0 Å². The molecule has 0 aliphatic carbocycles. The van der Waals surface area contributed by atoms with Crippen LogP contribution >= 0.6 is 0 Å². The Kier molecular flexibility index (Phi) is 4.76. The number of carbonyl (C=O) groups excluding carboxylic acids is 1. The average molecular weight is 322 g/mol. The Labute approximate surface area is 138 Å². The lowest BCUT2D eigenvalue weighted by Gasteiger charge is -2.30. The molecule has 130 valence electrons. The topological polar surface area (TPSA) is 70.4 Å². The van der Waals surface area contributed by atoms with Gasteiger partial charge >= 0.3 is 6.03 Å². The van der Waals surface area contributed by atoms with Crippen LogP contribution in [0.1, 0.15) is 60.1 Å². The van der Waals surface area contributed by atoms with Gasteiger partial charge in [0.25, 0.3) is 0 Å². The van der Waals surface area contributed by atoms with E-state index >= 15 is 0 Å². The molecule has 0 aromatic carbocycles. The number of rotatable bonds is 1. The predicted molar refractivity (Wildman–Crippen MR) is 91.8 cm³/mol. The van der Waals surface area contributed by atoms with Gasteiger partial charge in [-0.15, -0.1) is 0 Å². The van der Waals surface area contributed by atoms with Gasteiger partial charge in [-0.2, -0.15) is 5.10 Å². The van der Waals surface area contributed by atoms with Crippen LogP contribution in [0.15, 0.2) is 6.07 Å². The summed E-state index contributed by atoms with van der Waals surface area (Å²) in [5, 5.41) is 17.4. The summed E-state index contributed by atoms with van der Waals surface area (Å²) < 4.78 is 1.87. The molecule has 6 heteroatoms. The van der Waals surface area contributed by atoms with Crippen molar-refractivity contribution in [3.8, 4) is 0 Å². The van der Waals surface area contributed by atoms with Crippen LogP contribution < -0.4 is 5.32 Å². The Balaban J connectivity index is 2.24. The highest BCUT2D eigenvalue weighted by atomic mass is 16.3. The Morgan fingerprint density at radius 3 is 2.48 bits per heavy atom. The van der Waals surface area contributed by atoms with Crippen LogP contribution in [-0.4, -0.2) is 45.0 Å². The van der Waals surface area contributed by atoms with Crippen molar-refractivity contribution in [2.45, 2.75) is 71.4 Å². The van der Waals surface area contributed by atoms with Gasteiger partial charge in [0, 0.05) is 24.6 Å². The largest absolute Gasteiger partial charge is 0.391 e. The highest BCUT2D eigenvalue weighted by Gasteiger charge is 2.28. The Bertz CT molecular complexity index is 566. The SMILES string of the molecule is CC(C)(C)c1cc(NC(=O)N2CCCC(O)C2)n(C(C)(C)C)n1. The fraction of sp³-hybridized carbons (Fsp3) is 0.765. The van der Waals surface area contributed by atoms with Crippen molar-refractivity contribution in [2.75, 3.05) is 18.4 Å². The first-order chi connectivity index (χ1) is 10.5. The summed E-state index contributed by atoms with van der Waals surface area (Å²) in [6.07, 6.45) is 1.17. The molecule has 1 aromatic heterocycles. The van der Waals surface area contributed by atoms with Crippen LogP contribution in [0.25, 0.3) is 0 Å². The number of β-amino-alcohol motifs (C(OH)–C–C–N with tert-alkyl or cyclic N) is 1. The molecule has 0 radical (unpaired) electrons. The Morgan fingerprint density at radius 2 is 1.96 bits per heavy atom. The van der Waals surface area contributed by atoms with Gasteiger partial charge in [0.15, 0.2) is 0 Å². The zero-order chi connectivity index (χ0) is 17.4. The molecule has 1 fully saturated rings. The first-order valence-corrected chi connectivity index (χ1v) is 8.33. The van der Waals surface area contributed by atoms with Crippen molar-refractivity contribution in [3.63, 3.8) is 0 Å². The lowest BCUT2D eigenvalue weighted by atomic mass is 9.92. The highest BCUT2D eigenvalue weighted by Crippen LogP contribution is 2.28. The van der Waals surface area contributed by atoms with E-state index in [1.165, 1.54) is 0 Å². The molecule has 1 atom stereocenters. The van der Waals surface area contributed by atoms with Crippen LogP contribution in [0.4, 0.5) is 10.6 Å². The van der Waals surface area contributed by atoms with Gasteiger partial charge in [-0.05, 0) is 33.6 Å². The van der Waals surface area contributed by atoms with E-state index in [0.29, 0.717) is 18.9 Å². The summed E-state index contributed by atoms with van der Waals surface area (Å²) in [4.78, 5) is 14.2. The first-order valence-electron chi connectivity index (χ1n) is 8.33. The maximum atomic E-state index is 12.5. The molecule has 2 heterocycles. The van der Waals surface area contributed by atoms with Gasteiger partial charge in [0.05, 0.1) is 17.3 Å². The van der Waals surface area contributed by atoms with Crippen molar-refractivity contribution in [1.82, 2.24) is 14.7 Å². The second-order valence-corrected chi connectivity index (χ2v) is 8.42. The summed E-state index contributed by atoms with van der Waals surface area (Å²) in [5.41, 5.74) is 0.631. The molecular weight excluding hydrogens is 292 g/mol. The van der Waals surface area contributed by atoms with E-state index in [4.69, 9.17) is 5.10 Å². The van der Waals surface area contributed by atoms with Crippen LogP contribution in [0, 0.1) is 0 Å². The summed E-state index contributed by atoms with van der Waals surface area (Å²) in [6, 6.07) is 1.78. The number of likely N-dealkylation sites (tertiary alicyclic amines) is 1. The number of anilines is 1. The monoisotopic (exact) mass is 322 g/mol. The molecule has 2 N–H and O–H groups in total. The fourth-order valence-electron chi connectivity index (χ4n) is 2.68. The molecule has 1 unspecified atom stereocenters. The number of hydrogen-bond acceptors (Lipinski definition) is 3. The zero-order valence-electron chi connectivity index (χ0n) is 15.2. The Morgan fingerprint density at radius 1 is 1.30 bits per heavy atom. The van der Waals surface area contributed by atoms with Crippen molar-refractivity contribution in [2.24, 2.45) is 0 Å². The van der Waals surface area contributed by atoms with Crippen LogP contribution in [0.5, 0.6) is 0 Å². The minimum atomic E-state index is -0.424. The number of nitrogens with zero attached hydrogens (tertiary/aromatic N) is 3. The maximum Gasteiger partial charge on any atom is 0.323 e. The molecule has 1 aliphatic rings. The molecule has 1 aliphatic heterocycles. The minimum Gasteiger partial charge on any atom is -0.391 e. The second-order valence-electron chi connectivity index (χ2n) is 8.42. The Hall–Kier alpha value is -1.56. The number of nitrogens with one attached hydrogen (secondary N) is 1. The third kappa shape index (κ3) is 4.25. The number of hydrogen-bond donors (Lipinski definition) is 2. The van der Waals surface area contributed by atoms with Crippen LogP contribution in [0.3, 0.4) is 0 Å². The molecular formula is C17H30N4O2. The summed E-state index contributed by atoms with van der Waals surface area (Å²) in [7, 11) is 0. The standard InChI is InChI=1S/C17H30N4O2/c1-16(2,3)13-10-14(21(19-13)17(4,5)6)18-15(23)20-9-7-8-12(22)11-20/h10,12,22H,7-9,11H2,1-6H3,(H,18,23). The highest BCUT2D eigenvalue weighted by molar-refractivity contribution is 5.88. The van der Waals surface area contributed by atoms with Crippen molar-refractivity contribution < 1.29 is 9.90 Å². The third-order valence-electron chi connectivity index (χ3n) is 4.03. The van der Waals surface area contributed by atoms with Crippen molar-refractivity contribution in [1.29, 1.82) is 0 Å².